The Bertz CT molecular complexity index is 1060. The molecule has 26 heavy (non-hydrogen) atoms. The van der Waals surface area contributed by atoms with E-state index in [4.69, 9.17) is 10.2 Å². The SMILES string of the molecule is Cc1cc(N)c(C(C)C)c2oc(-c3ccccc3)c(-c3ccccc3)c12. The van der Waals surface area contributed by atoms with Crippen LogP contribution in [0, 0.1) is 6.92 Å². The van der Waals surface area contributed by atoms with Crippen LogP contribution in [-0.4, -0.2) is 0 Å². The highest BCUT2D eigenvalue weighted by Gasteiger charge is 2.23. The summed E-state index contributed by atoms with van der Waals surface area (Å²) in [5.41, 5.74) is 13.7. The van der Waals surface area contributed by atoms with Crippen LogP contribution in [0.5, 0.6) is 0 Å². The van der Waals surface area contributed by atoms with Gasteiger partial charge in [-0.1, -0.05) is 74.5 Å². The molecule has 130 valence electrons. The van der Waals surface area contributed by atoms with Gasteiger partial charge >= 0.3 is 0 Å². The molecule has 0 unspecified atom stereocenters. The third-order valence-corrected chi connectivity index (χ3v) is 4.91. The lowest BCUT2D eigenvalue weighted by molar-refractivity contribution is 0.623. The Morgan fingerprint density at radius 3 is 2.00 bits per heavy atom. The fourth-order valence-electron chi connectivity index (χ4n) is 3.78. The lowest BCUT2D eigenvalue weighted by atomic mass is 9.92. The Labute approximate surface area is 154 Å². The number of benzene rings is 3. The van der Waals surface area contributed by atoms with E-state index in [1.54, 1.807) is 0 Å². The molecule has 2 N–H and O–H groups in total. The van der Waals surface area contributed by atoms with Gasteiger partial charge in [0.1, 0.15) is 11.3 Å². The molecule has 2 nitrogen and oxygen atoms in total. The summed E-state index contributed by atoms with van der Waals surface area (Å²) in [7, 11) is 0. The smallest absolute Gasteiger partial charge is 0.143 e. The standard InChI is InChI=1S/C24H23NO/c1-15(2)20-19(25)14-16(3)21-22(17-10-6-4-7-11-17)23(26-24(20)21)18-12-8-5-9-13-18/h4-15H,25H2,1-3H3. The first-order valence-electron chi connectivity index (χ1n) is 9.04. The molecule has 3 aromatic carbocycles. The summed E-state index contributed by atoms with van der Waals surface area (Å²) in [6, 6.07) is 22.8. The molecule has 1 aromatic heterocycles. The fraction of sp³-hybridized carbons (Fsp3) is 0.167. The van der Waals surface area contributed by atoms with Crippen molar-refractivity contribution < 1.29 is 4.42 Å². The van der Waals surface area contributed by atoms with Gasteiger partial charge in [-0.3, -0.25) is 0 Å². The molecule has 0 atom stereocenters. The number of nitrogen functional groups attached to an aromatic ring is 1. The van der Waals surface area contributed by atoms with Gasteiger partial charge in [-0.2, -0.15) is 0 Å². The quantitative estimate of drug-likeness (QED) is 0.417. The Hall–Kier alpha value is -3.00. The van der Waals surface area contributed by atoms with E-state index in [1.807, 2.05) is 24.3 Å². The topological polar surface area (TPSA) is 39.2 Å². The fourth-order valence-corrected chi connectivity index (χ4v) is 3.78. The summed E-state index contributed by atoms with van der Waals surface area (Å²) in [6.45, 7) is 6.43. The monoisotopic (exact) mass is 341 g/mol. The zero-order valence-electron chi connectivity index (χ0n) is 15.4. The van der Waals surface area contributed by atoms with E-state index >= 15 is 0 Å². The second kappa shape index (κ2) is 6.38. The van der Waals surface area contributed by atoms with Crippen LogP contribution >= 0.6 is 0 Å². The number of hydrogen-bond acceptors (Lipinski definition) is 2. The third-order valence-electron chi connectivity index (χ3n) is 4.91. The summed E-state index contributed by atoms with van der Waals surface area (Å²) in [6.07, 6.45) is 0. The van der Waals surface area contributed by atoms with E-state index in [1.165, 1.54) is 0 Å². The Balaban J connectivity index is 2.17. The molecule has 0 saturated heterocycles. The van der Waals surface area contributed by atoms with E-state index < -0.39 is 0 Å². The number of fused-ring (bicyclic) bond motifs is 1. The van der Waals surface area contributed by atoms with Crippen LogP contribution in [-0.2, 0) is 0 Å². The van der Waals surface area contributed by atoms with Crippen molar-refractivity contribution >= 4 is 16.7 Å². The number of anilines is 1. The third kappa shape index (κ3) is 2.59. The zero-order valence-corrected chi connectivity index (χ0v) is 15.4. The Morgan fingerprint density at radius 2 is 1.42 bits per heavy atom. The van der Waals surface area contributed by atoms with Crippen molar-refractivity contribution in [3.8, 4) is 22.5 Å². The van der Waals surface area contributed by atoms with Crippen molar-refractivity contribution in [1.29, 1.82) is 0 Å². The maximum atomic E-state index is 6.51. The van der Waals surface area contributed by atoms with E-state index in [0.717, 1.165) is 50.2 Å². The molecule has 0 aliphatic rings. The van der Waals surface area contributed by atoms with Gasteiger partial charge < -0.3 is 10.2 Å². The van der Waals surface area contributed by atoms with Gasteiger partial charge in [-0.05, 0) is 30.0 Å². The van der Waals surface area contributed by atoms with Crippen LogP contribution < -0.4 is 5.73 Å². The summed E-state index contributed by atoms with van der Waals surface area (Å²) >= 11 is 0. The minimum Gasteiger partial charge on any atom is -0.455 e. The average molecular weight is 341 g/mol. The highest BCUT2D eigenvalue weighted by Crippen LogP contribution is 2.45. The molecule has 0 aliphatic carbocycles. The van der Waals surface area contributed by atoms with Gasteiger partial charge in [0.25, 0.3) is 0 Å². The molecule has 0 amide bonds. The van der Waals surface area contributed by atoms with E-state index in [0.29, 0.717) is 0 Å². The maximum Gasteiger partial charge on any atom is 0.143 e. The average Bonchev–Trinajstić information content (AvgIpc) is 3.03. The molecule has 0 aliphatic heterocycles. The minimum absolute atomic E-state index is 0.288. The predicted molar refractivity (Wildman–Crippen MR) is 110 cm³/mol. The van der Waals surface area contributed by atoms with Gasteiger partial charge in [0.05, 0.1) is 0 Å². The molecule has 2 heteroatoms. The van der Waals surface area contributed by atoms with Crippen molar-refractivity contribution in [1.82, 2.24) is 0 Å². The van der Waals surface area contributed by atoms with Gasteiger partial charge in [-0.15, -0.1) is 0 Å². The van der Waals surface area contributed by atoms with Crippen LogP contribution in [0.1, 0.15) is 30.9 Å². The number of rotatable bonds is 3. The number of furan rings is 1. The lowest BCUT2D eigenvalue weighted by Gasteiger charge is -2.12. The highest BCUT2D eigenvalue weighted by atomic mass is 16.3. The molecule has 0 radical (unpaired) electrons. The summed E-state index contributed by atoms with van der Waals surface area (Å²) in [5.74, 6) is 1.19. The van der Waals surface area contributed by atoms with Crippen LogP contribution in [0.4, 0.5) is 5.69 Å². The molecule has 4 rings (SSSR count). The van der Waals surface area contributed by atoms with E-state index in [2.05, 4.69) is 63.2 Å². The first-order valence-corrected chi connectivity index (χ1v) is 9.04. The second-order valence-corrected chi connectivity index (χ2v) is 7.09. The molecular weight excluding hydrogens is 318 g/mol. The molecular formula is C24H23NO. The van der Waals surface area contributed by atoms with Crippen molar-refractivity contribution in [2.45, 2.75) is 26.7 Å². The van der Waals surface area contributed by atoms with Gasteiger partial charge in [0.15, 0.2) is 0 Å². The predicted octanol–water partition coefficient (Wildman–Crippen LogP) is 6.78. The molecule has 0 saturated carbocycles. The maximum absolute atomic E-state index is 6.51. The summed E-state index contributed by atoms with van der Waals surface area (Å²) in [4.78, 5) is 0. The molecule has 4 aromatic rings. The summed E-state index contributed by atoms with van der Waals surface area (Å²) < 4.78 is 6.51. The zero-order chi connectivity index (χ0) is 18.3. The van der Waals surface area contributed by atoms with Crippen LogP contribution in [0.3, 0.4) is 0 Å². The van der Waals surface area contributed by atoms with Crippen molar-refractivity contribution in [3.63, 3.8) is 0 Å². The van der Waals surface area contributed by atoms with E-state index in [-0.39, 0.29) is 5.92 Å². The van der Waals surface area contributed by atoms with Crippen LogP contribution in [0.15, 0.2) is 71.1 Å². The molecule has 1 heterocycles. The first kappa shape index (κ1) is 16.5. The second-order valence-electron chi connectivity index (χ2n) is 7.09. The van der Waals surface area contributed by atoms with Gasteiger partial charge in [0, 0.05) is 27.8 Å². The lowest BCUT2D eigenvalue weighted by Crippen LogP contribution is -1.98. The van der Waals surface area contributed by atoms with Crippen LogP contribution in [0.25, 0.3) is 33.4 Å². The first-order chi connectivity index (χ1) is 12.6. The number of aryl methyl sites for hydroxylation is 1. The largest absolute Gasteiger partial charge is 0.455 e. The van der Waals surface area contributed by atoms with Gasteiger partial charge in [0.2, 0.25) is 0 Å². The Kier molecular flexibility index (Phi) is 4.04. The highest BCUT2D eigenvalue weighted by molar-refractivity contribution is 6.06. The van der Waals surface area contributed by atoms with Crippen molar-refractivity contribution in [2.24, 2.45) is 0 Å². The summed E-state index contributed by atoms with van der Waals surface area (Å²) in [5, 5.41) is 1.16. The van der Waals surface area contributed by atoms with Crippen molar-refractivity contribution in [2.75, 3.05) is 5.73 Å². The normalized spacial score (nSPS) is 11.4. The molecule has 0 bridgehead atoms. The van der Waals surface area contributed by atoms with Crippen molar-refractivity contribution in [3.05, 3.63) is 77.9 Å². The van der Waals surface area contributed by atoms with E-state index in [9.17, 15) is 0 Å². The Morgan fingerprint density at radius 1 is 0.846 bits per heavy atom. The molecule has 0 spiro atoms. The number of hydrogen-bond donors (Lipinski definition) is 1. The minimum atomic E-state index is 0.288. The molecule has 0 fully saturated rings. The number of nitrogens with two attached hydrogens (primary N) is 1. The van der Waals surface area contributed by atoms with Gasteiger partial charge in [-0.25, -0.2) is 0 Å². The van der Waals surface area contributed by atoms with Crippen LogP contribution in [0.2, 0.25) is 0 Å².